The molecule has 1 amide bonds. The quantitative estimate of drug-likeness (QED) is 0.506. The Balaban J connectivity index is 1.44. The summed E-state index contributed by atoms with van der Waals surface area (Å²) in [6.07, 6.45) is -0.724. The third-order valence-corrected chi connectivity index (χ3v) is 8.09. The van der Waals surface area contributed by atoms with Crippen LogP contribution in [0.4, 0.5) is 24.5 Å². The van der Waals surface area contributed by atoms with Gasteiger partial charge >= 0.3 is 0 Å². The Labute approximate surface area is 220 Å². The molecule has 2 aromatic carbocycles. The van der Waals surface area contributed by atoms with Gasteiger partial charge in [0.1, 0.15) is 5.82 Å². The minimum absolute atomic E-state index is 0.0143. The van der Waals surface area contributed by atoms with E-state index in [1.807, 2.05) is 0 Å². The number of hydrogen-bond donors (Lipinski definition) is 2. The lowest BCUT2D eigenvalue weighted by molar-refractivity contribution is 0.0934. The van der Waals surface area contributed by atoms with E-state index in [1.54, 1.807) is 19.1 Å². The third-order valence-electron chi connectivity index (χ3n) is 7.79. The van der Waals surface area contributed by atoms with E-state index in [0.29, 0.717) is 48.5 Å². The lowest BCUT2D eigenvalue weighted by Gasteiger charge is -2.45. The number of ether oxygens (including phenoxy) is 1. The summed E-state index contributed by atoms with van der Waals surface area (Å²) < 4.78 is 46.7. The summed E-state index contributed by atoms with van der Waals surface area (Å²) in [7, 11) is 0. The number of fused-ring (bicyclic) bond motifs is 3. The van der Waals surface area contributed by atoms with Crippen LogP contribution in [0.3, 0.4) is 0 Å². The Hall–Kier alpha value is -2.49. The number of nitrogens with one attached hydrogen (secondary N) is 2. The van der Waals surface area contributed by atoms with Crippen LogP contribution < -0.4 is 15.5 Å². The van der Waals surface area contributed by atoms with Crippen molar-refractivity contribution in [1.29, 1.82) is 0 Å². The van der Waals surface area contributed by atoms with Crippen molar-refractivity contribution in [2.24, 2.45) is 5.92 Å². The van der Waals surface area contributed by atoms with Gasteiger partial charge in [0, 0.05) is 36.9 Å². The highest BCUT2D eigenvalue weighted by molar-refractivity contribution is 6.34. The van der Waals surface area contributed by atoms with E-state index in [4.69, 9.17) is 16.3 Å². The second-order valence-corrected chi connectivity index (χ2v) is 10.5. The number of alkyl halides is 2. The highest BCUT2D eigenvalue weighted by Crippen LogP contribution is 2.36. The molecule has 4 heterocycles. The first-order valence-corrected chi connectivity index (χ1v) is 13.2. The second-order valence-electron chi connectivity index (χ2n) is 10.1. The summed E-state index contributed by atoms with van der Waals surface area (Å²) in [5.74, 6) is -0.908. The van der Waals surface area contributed by atoms with Gasteiger partial charge in [-0.3, -0.25) is 4.79 Å². The van der Waals surface area contributed by atoms with Crippen molar-refractivity contribution >= 4 is 28.9 Å². The Bertz CT molecular complexity index is 1140. The third kappa shape index (κ3) is 5.54. The minimum atomic E-state index is -2.94. The maximum atomic E-state index is 14.8. The fourth-order valence-electron chi connectivity index (χ4n) is 5.67. The lowest BCUT2D eigenvalue weighted by Crippen LogP contribution is -2.53. The van der Waals surface area contributed by atoms with E-state index < -0.39 is 29.8 Å². The maximum absolute atomic E-state index is 14.8. The molecule has 2 aromatic rings. The number of morpholine rings is 1. The predicted molar refractivity (Wildman–Crippen MR) is 138 cm³/mol. The number of carbonyl (C=O) groups excluding carboxylic acids is 1. The van der Waals surface area contributed by atoms with Crippen molar-refractivity contribution in [2.45, 2.75) is 38.3 Å². The van der Waals surface area contributed by atoms with Crippen LogP contribution in [0.5, 0.6) is 0 Å². The van der Waals surface area contributed by atoms with Crippen LogP contribution in [-0.4, -0.2) is 62.8 Å². The molecule has 4 aliphatic heterocycles. The molecule has 6 rings (SSSR count). The standard InChI is InChI=1S/C27H32ClF3N4O2/c1-16(18-3-2-4-19(25(18)29)26(30)31)32-27(36)20-13-24(35-9-11-37-12-10-35)21(28)14-22(20)33-23-15-34-7-5-17(23)6-8-34/h2-4,13-14,16-17,23,26,33H,5-12,15H2,1H3,(H,32,36)/t16-,23-/m1/s1. The van der Waals surface area contributed by atoms with E-state index >= 15 is 0 Å². The molecule has 0 unspecified atom stereocenters. The Morgan fingerprint density at radius 1 is 1.11 bits per heavy atom. The molecule has 4 saturated heterocycles. The van der Waals surface area contributed by atoms with Crippen molar-refractivity contribution in [3.63, 3.8) is 0 Å². The molecule has 2 N–H and O–H groups in total. The highest BCUT2D eigenvalue weighted by Gasteiger charge is 2.35. The van der Waals surface area contributed by atoms with Crippen molar-refractivity contribution in [2.75, 3.05) is 56.2 Å². The number of halogens is 4. The fourth-order valence-corrected chi connectivity index (χ4v) is 5.95. The minimum Gasteiger partial charge on any atom is -0.380 e. The first-order valence-electron chi connectivity index (χ1n) is 12.8. The van der Waals surface area contributed by atoms with Gasteiger partial charge in [0.25, 0.3) is 12.3 Å². The van der Waals surface area contributed by atoms with E-state index in [-0.39, 0.29) is 11.6 Å². The average molecular weight is 537 g/mol. The predicted octanol–water partition coefficient (Wildman–Crippen LogP) is 5.25. The number of carbonyl (C=O) groups is 1. The van der Waals surface area contributed by atoms with Gasteiger partial charge in [-0.1, -0.05) is 29.8 Å². The van der Waals surface area contributed by atoms with Crippen LogP contribution >= 0.6 is 11.6 Å². The highest BCUT2D eigenvalue weighted by atomic mass is 35.5. The molecular weight excluding hydrogens is 505 g/mol. The van der Waals surface area contributed by atoms with Crippen LogP contribution in [0.1, 0.15) is 53.7 Å². The monoisotopic (exact) mass is 536 g/mol. The first-order chi connectivity index (χ1) is 17.8. The average Bonchev–Trinajstić information content (AvgIpc) is 2.90. The molecule has 0 aliphatic carbocycles. The lowest BCUT2D eigenvalue weighted by atomic mass is 9.84. The number of amides is 1. The van der Waals surface area contributed by atoms with Gasteiger partial charge in [0.15, 0.2) is 0 Å². The molecule has 0 saturated carbocycles. The van der Waals surface area contributed by atoms with Gasteiger partial charge < -0.3 is 25.2 Å². The Morgan fingerprint density at radius 3 is 2.46 bits per heavy atom. The number of anilines is 2. The summed E-state index contributed by atoms with van der Waals surface area (Å²) in [5.41, 5.74) is 1.07. The zero-order valence-electron chi connectivity index (χ0n) is 20.8. The Kier molecular flexibility index (Phi) is 7.83. The van der Waals surface area contributed by atoms with Crippen molar-refractivity contribution in [3.05, 3.63) is 57.9 Å². The molecule has 4 aliphatic rings. The van der Waals surface area contributed by atoms with E-state index in [9.17, 15) is 18.0 Å². The summed E-state index contributed by atoms with van der Waals surface area (Å²) in [6.45, 7) is 7.09. The van der Waals surface area contributed by atoms with E-state index in [0.717, 1.165) is 44.2 Å². The number of piperidine rings is 3. The summed E-state index contributed by atoms with van der Waals surface area (Å²) in [4.78, 5) is 18.1. The molecule has 37 heavy (non-hydrogen) atoms. The van der Waals surface area contributed by atoms with Crippen molar-refractivity contribution in [3.8, 4) is 0 Å². The molecular formula is C27H32ClF3N4O2. The largest absolute Gasteiger partial charge is 0.380 e. The topological polar surface area (TPSA) is 56.8 Å². The molecule has 0 spiro atoms. The van der Waals surface area contributed by atoms with Gasteiger partial charge in [-0.15, -0.1) is 0 Å². The smallest absolute Gasteiger partial charge is 0.266 e. The SMILES string of the molecule is C[C@@H](NC(=O)c1cc(N2CCOCC2)c(Cl)cc1N[C@@H]1CN2CCC1CC2)c1cccc(C(F)F)c1F. The Morgan fingerprint density at radius 2 is 1.81 bits per heavy atom. The molecule has 10 heteroatoms. The van der Waals surface area contributed by atoms with Gasteiger partial charge in [0.2, 0.25) is 0 Å². The summed E-state index contributed by atoms with van der Waals surface area (Å²) in [6, 6.07) is 6.78. The molecule has 2 atom stereocenters. The summed E-state index contributed by atoms with van der Waals surface area (Å²) >= 11 is 6.72. The van der Waals surface area contributed by atoms with Crippen LogP contribution in [-0.2, 0) is 4.74 Å². The van der Waals surface area contributed by atoms with Gasteiger partial charge in [0.05, 0.1) is 41.1 Å². The molecule has 0 radical (unpaired) electrons. The molecule has 2 bridgehead atoms. The van der Waals surface area contributed by atoms with Crippen LogP contribution in [0.2, 0.25) is 5.02 Å². The number of hydrogen-bond acceptors (Lipinski definition) is 5. The van der Waals surface area contributed by atoms with Gasteiger partial charge in [-0.05, 0) is 50.9 Å². The van der Waals surface area contributed by atoms with Gasteiger partial charge in [-0.2, -0.15) is 0 Å². The van der Waals surface area contributed by atoms with E-state index in [1.165, 1.54) is 12.1 Å². The molecule has 6 nitrogen and oxygen atoms in total. The second kappa shape index (κ2) is 11.1. The fraction of sp³-hybridized carbons (Fsp3) is 0.519. The van der Waals surface area contributed by atoms with E-state index in [2.05, 4.69) is 20.4 Å². The zero-order chi connectivity index (χ0) is 26.1. The van der Waals surface area contributed by atoms with Crippen LogP contribution in [0.25, 0.3) is 0 Å². The van der Waals surface area contributed by atoms with Crippen LogP contribution in [0.15, 0.2) is 30.3 Å². The van der Waals surface area contributed by atoms with Gasteiger partial charge in [-0.25, -0.2) is 13.2 Å². The van der Waals surface area contributed by atoms with Crippen molar-refractivity contribution in [1.82, 2.24) is 10.2 Å². The normalized spacial score (nSPS) is 24.3. The van der Waals surface area contributed by atoms with Crippen LogP contribution in [0, 0.1) is 11.7 Å². The number of rotatable bonds is 7. The molecule has 200 valence electrons. The molecule has 4 fully saturated rings. The van der Waals surface area contributed by atoms with Crippen molar-refractivity contribution < 1.29 is 22.7 Å². The zero-order valence-corrected chi connectivity index (χ0v) is 21.5. The number of benzene rings is 2. The molecule has 0 aromatic heterocycles. The number of nitrogens with zero attached hydrogens (tertiary/aromatic N) is 2. The maximum Gasteiger partial charge on any atom is 0.266 e. The summed E-state index contributed by atoms with van der Waals surface area (Å²) in [5, 5.41) is 6.93. The first kappa shape index (κ1) is 26.1.